The predicted octanol–water partition coefficient (Wildman–Crippen LogP) is 1.69. The van der Waals surface area contributed by atoms with Gasteiger partial charge >= 0.3 is 4.96 Å². The van der Waals surface area contributed by atoms with E-state index < -0.39 is 4.96 Å². The molecule has 0 unspecified atom stereocenters. The Morgan fingerprint density at radius 2 is 1.43 bits per heavy atom. The Morgan fingerprint density at radius 1 is 1.43 bits per heavy atom. The zero-order valence-electron chi connectivity index (χ0n) is 3.87. The molecule has 0 saturated heterocycles. The monoisotopic (exact) mass is 162 g/mol. The lowest BCUT2D eigenvalue weighted by molar-refractivity contribution is 0.318. The molecule has 0 aromatic carbocycles. The second-order valence-corrected chi connectivity index (χ2v) is 2.54. The van der Waals surface area contributed by atoms with Crippen molar-refractivity contribution in [3.63, 3.8) is 0 Å². The summed E-state index contributed by atoms with van der Waals surface area (Å²) in [7, 11) is 0. The highest BCUT2D eigenvalue weighted by molar-refractivity contribution is 7.54. The van der Waals surface area contributed by atoms with E-state index in [1.54, 1.807) is 6.92 Å². The molecule has 7 heavy (non-hydrogen) atoms. The van der Waals surface area contributed by atoms with E-state index in [9.17, 15) is 0 Å². The average Bonchev–Trinajstić information content (AvgIpc) is 1.33. The van der Waals surface area contributed by atoms with Gasteiger partial charge in [-0.1, -0.05) is 0 Å². The van der Waals surface area contributed by atoms with Gasteiger partial charge in [0, 0.05) is 6.61 Å². The van der Waals surface area contributed by atoms with Crippen molar-refractivity contribution in [1.82, 2.24) is 0 Å². The van der Waals surface area contributed by atoms with Gasteiger partial charge in [0.15, 0.2) is 0 Å². The zero-order valence-corrected chi connectivity index (χ0v) is 6.13. The Hall–Kier alpha value is 0.895. The molecule has 0 spiro atoms. The molecule has 0 amide bonds. The molecule has 44 valence electrons. The molecule has 0 aliphatic heterocycles. The van der Waals surface area contributed by atoms with E-state index in [0.717, 1.165) is 0 Å². The number of hydrogen-bond donors (Lipinski definition) is 1. The Labute approximate surface area is 58.4 Å². The molecule has 0 fully saturated rings. The quantitative estimate of drug-likeness (QED) is 0.539. The standard InChI is InChI=1S/C2H6O.BCl3/c1-2-3;2-1(3)4/h3H,2H2,1H3;. The number of rotatable bonds is 0. The first kappa shape index (κ1) is 10.8. The van der Waals surface area contributed by atoms with E-state index in [2.05, 4.69) is 0 Å². The van der Waals surface area contributed by atoms with Crippen molar-refractivity contribution in [2.24, 2.45) is 0 Å². The van der Waals surface area contributed by atoms with Crippen molar-refractivity contribution < 1.29 is 5.11 Å². The number of hydrogen-bond acceptors (Lipinski definition) is 1. The fourth-order valence-corrected chi connectivity index (χ4v) is 0. The fraction of sp³-hybridized carbons (Fsp3) is 1.00. The molecule has 1 N–H and O–H groups in total. The molecule has 0 atom stereocenters. The minimum absolute atomic E-state index is 0.250. The molecule has 0 heterocycles. The van der Waals surface area contributed by atoms with Crippen LogP contribution in [0.5, 0.6) is 0 Å². The van der Waals surface area contributed by atoms with Crippen LogP contribution >= 0.6 is 34.4 Å². The first-order chi connectivity index (χ1) is 3.15. The van der Waals surface area contributed by atoms with Crippen LogP contribution < -0.4 is 0 Å². The minimum atomic E-state index is -0.750. The van der Waals surface area contributed by atoms with Crippen molar-refractivity contribution >= 4 is 39.3 Å². The van der Waals surface area contributed by atoms with Crippen LogP contribution in [0.2, 0.25) is 0 Å². The van der Waals surface area contributed by atoms with Gasteiger partial charge in [0.25, 0.3) is 0 Å². The third-order valence-electron chi connectivity index (χ3n) is 0. The van der Waals surface area contributed by atoms with E-state index >= 15 is 0 Å². The summed E-state index contributed by atoms with van der Waals surface area (Å²) in [5, 5.41) is 7.57. The van der Waals surface area contributed by atoms with Gasteiger partial charge < -0.3 is 5.11 Å². The van der Waals surface area contributed by atoms with Gasteiger partial charge in [0.2, 0.25) is 0 Å². The third kappa shape index (κ3) is 206. The van der Waals surface area contributed by atoms with Crippen molar-refractivity contribution in [3.05, 3.63) is 0 Å². The summed E-state index contributed by atoms with van der Waals surface area (Å²) >= 11 is 14.4. The average molecular weight is 163 g/mol. The van der Waals surface area contributed by atoms with Crippen LogP contribution in [0.1, 0.15) is 6.92 Å². The smallest absolute Gasteiger partial charge is 0.397 e. The van der Waals surface area contributed by atoms with E-state index in [-0.39, 0.29) is 6.61 Å². The minimum Gasteiger partial charge on any atom is -0.397 e. The van der Waals surface area contributed by atoms with Crippen LogP contribution in [0.4, 0.5) is 0 Å². The largest absolute Gasteiger partial charge is 0.450 e. The van der Waals surface area contributed by atoms with Gasteiger partial charge in [0.05, 0.1) is 0 Å². The van der Waals surface area contributed by atoms with Crippen molar-refractivity contribution in [3.8, 4) is 0 Å². The Bertz CT molecular complexity index is 24.1. The number of aliphatic hydroxyl groups excluding tert-OH is 1. The second kappa shape index (κ2) is 10.00. The Morgan fingerprint density at radius 3 is 1.43 bits per heavy atom. The highest BCUT2D eigenvalue weighted by Gasteiger charge is 1.91. The molecule has 0 bridgehead atoms. The van der Waals surface area contributed by atoms with Gasteiger partial charge in [0.1, 0.15) is 0 Å². The van der Waals surface area contributed by atoms with Gasteiger partial charge in [-0.3, -0.25) is 0 Å². The molecule has 0 saturated carbocycles. The summed E-state index contributed by atoms with van der Waals surface area (Å²) in [6, 6.07) is 0. The maximum atomic E-state index is 7.57. The lowest BCUT2D eigenvalue weighted by atomic mass is 10.7. The van der Waals surface area contributed by atoms with E-state index in [1.807, 2.05) is 0 Å². The molecule has 0 aliphatic carbocycles. The van der Waals surface area contributed by atoms with Gasteiger partial charge in [-0.25, -0.2) is 0 Å². The molecule has 0 aliphatic rings. The first-order valence-corrected chi connectivity index (χ1v) is 2.99. The van der Waals surface area contributed by atoms with Crippen LogP contribution in [0, 0.1) is 0 Å². The van der Waals surface area contributed by atoms with Gasteiger partial charge in [-0.15, -0.1) is 0 Å². The zero-order chi connectivity index (χ0) is 6.28. The van der Waals surface area contributed by atoms with Gasteiger partial charge in [-0.05, 0) is 6.92 Å². The van der Waals surface area contributed by atoms with Crippen LogP contribution in [-0.4, -0.2) is 16.7 Å². The topological polar surface area (TPSA) is 20.2 Å². The highest BCUT2D eigenvalue weighted by atomic mass is 35.6. The van der Waals surface area contributed by atoms with Crippen LogP contribution in [-0.2, 0) is 0 Å². The predicted molar refractivity (Wildman–Crippen MR) is 36.1 cm³/mol. The molecule has 0 aromatic rings. The molecule has 1 nitrogen and oxygen atoms in total. The molecule has 5 heteroatoms. The lowest BCUT2D eigenvalue weighted by Crippen LogP contribution is -1.66. The van der Waals surface area contributed by atoms with Crippen molar-refractivity contribution in [2.75, 3.05) is 6.61 Å². The normalized spacial score (nSPS) is 6.43. The lowest BCUT2D eigenvalue weighted by Gasteiger charge is -1.61. The third-order valence-corrected chi connectivity index (χ3v) is 0. The summed E-state index contributed by atoms with van der Waals surface area (Å²) in [5.41, 5.74) is 0. The molecular formula is C2H6BCl3O. The molecule has 0 radical (unpaired) electrons. The maximum Gasteiger partial charge on any atom is 0.450 e. The van der Waals surface area contributed by atoms with Gasteiger partial charge in [-0.2, -0.15) is 34.4 Å². The van der Waals surface area contributed by atoms with Crippen molar-refractivity contribution in [1.29, 1.82) is 0 Å². The van der Waals surface area contributed by atoms with Crippen molar-refractivity contribution in [2.45, 2.75) is 6.92 Å². The SMILES string of the molecule is CCO.ClB(Cl)Cl. The summed E-state index contributed by atoms with van der Waals surface area (Å²) in [5.74, 6) is 0. The van der Waals surface area contributed by atoms with Crippen LogP contribution in [0.15, 0.2) is 0 Å². The molecular weight excluding hydrogens is 157 g/mol. The molecule has 0 aromatic heterocycles. The summed E-state index contributed by atoms with van der Waals surface area (Å²) in [6.45, 7) is 1.93. The summed E-state index contributed by atoms with van der Waals surface area (Å²) < 4.78 is 0. The Balaban J connectivity index is 0. The Kier molecular flexibility index (Phi) is 15.4. The first-order valence-electron chi connectivity index (χ1n) is 1.68. The number of aliphatic hydroxyl groups is 1. The van der Waals surface area contributed by atoms with E-state index in [1.165, 1.54) is 0 Å². The van der Waals surface area contributed by atoms with Crippen LogP contribution in [0.25, 0.3) is 0 Å². The summed E-state index contributed by atoms with van der Waals surface area (Å²) in [6.07, 6.45) is 0. The van der Waals surface area contributed by atoms with Crippen LogP contribution in [0.3, 0.4) is 0 Å². The van der Waals surface area contributed by atoms with E-state index in [0.29, 0.717) is 0 Å². The highest BCUT2D eigenvalue weighted by Crippen LogP contribution is 1.97. The maximum absolute atomic E-state index is 7.57. The summed E-state index contributed by atoms with van der Waals surface area (Å²) in [4.78, 5) is -0.750. The fourth-order valence-electron chi connectivity index (χ4n) is 0. The second-order valence-electron chi connectivity index (χ2n) is 0.564. The number of halogens is 3. The van der Waals surface area contributed by atoms with E-state index in [4.69, 9.17) is 39.5 Å². The molecule has 0 rings (SSSR count).